The first-order valence-corrected chi connectivity index (χ1v) is 9.87. The molecule has 0 radical (unpaired) electrons. The van der Waals surface area contributed by atoms with Crippen LogP contribution in [0.5, 0.6) is 5.75 Å². The molecule has 0 bridgehead atoms. The zero-order chi connectivity index (χ0) is 18.5. The third-order valence-corrected chi connectivity index (χ3v) is 5.76. The smallest absolute Gasteiger partial charge is 0.209 e. The van der Waals surface area contributed by atoms with E-state index in [0.717, 1.165) is 57.1 Å². The summed E-state index contributed by atoms with van der Waals surface area (Å²) < 4.78 is 5.86. The molecule has 1 unspecified atom stereocenters. The number of pyridine rings is 1. The van der Waals surface area contributed by atoms with E-state index in [1.54, 1.807) is 0 Å². The molecule has 27 heavy (non-hydrogen) atoms. The molecule has 0 spiro atoms. The molecule has 142 valence electrons. The maximum Gasteiger partial charge on any atom is 0.209 e. The van der Waals surface area contributed by atoms with Crippen LogP contribution in [0, 0.1) is 5.92 Å². The Bertz CT molecular complexity index is 744. The minimum absolute atomic E-state index is 0.452. The van der Waals surface area contributed by atoms with Crippen LogP contribution in [0.2, 0.25) is 0 Å². The molecule has 1 saturated heterocycles. The van der Waals surface area contributed by atoms with Crippen molar-refractivity contribution in [3.05, 3.63) is 59.9 Å². The number of aromatic nitrogens is 1. The Kier molecular flexibility index (Phi) is 5.80. The van der Waals surface area contributed by atoms with Crippen molar-refractivity contribution >= 4 is 6.29 Å². The number of fused-ring (bicyclic) bond motifs is 1. The molecule has 3 heterocycles. The summed E-state index contributed by atoms with van der Waals surface area (Å²) in [6, 6.07) is 12.2. The van der Waals surface area contributed by atoms with Gasteiger partial charge in [-0.15, -0.1) is 0 Å². The van der Waals surface area contributed by atoms with Gasteiger partial charge in [0.1, 0.15) is 5.75 Å². The number of carbonyl (C=O) groups is 1. The topological polar surface area (TPSA) is 45.7 Å². The van der Waals surface area contributed by atoms with Gasteiger partial charge in [-0.1, -0.05) is 18.2 Å². The third kappa shape index (κ3) is 4.54. The highest BCUT2D eigenvalue weighted by Crippen LogP contribution is 2.28. The SMILES string of the molecule is O=CC1Oc2ccccc2CN1CCC1CCN(Cc2ccncc2)CC1. The van der Waals surface area contributed by atoms with E-state index in [-0.39, 0.29) is 0 Å². The van der Waals surface area contributed by atoms with E-state index in [9.17, 15) is 4.79 Å². The van der Waals surface area contributed by atoms with Gasteiger partial charge in [0.2, 0.25) is 6.23 Å². The van der Waals surface area contributed by atoms with Gasteiger partial charge in [0.15, 0.2) is 6.29 Å². The van der Waals surface area contributed by atoms with Crippen LogP contribution < -0.4 is 4.74 Å². The van der Waals surface area contributed by atoms with E-state index >= 15 is 0 Å². The molecule has 0 saturated carbocycles. The molecule has 2 aliphatic heterocycles. The Labute approximate surface area is 161 Å². The number of likely N-dealkylation sites (tertiary alicyclic amines) is 1. The van der Waals surface area contributed by atoms with Crippen molar-refractivity contribution in [3.63, 3.8) is 0 Å². The molecular formula is C22H27N3O2. The van der Waals surface area contributed by atoms with Crippen molar-refractivity contribution in [2.45, 2.75) is 38.6 Å². The van der Waals surface area contributed by atoms with Crippen molar-refractivity contribution in [1.29, 1.82) is 0 Å². The molecule has 1 fully saturated rings. The summed E-state index contributed by atoms with van der Waals surface area (Å²) in [4.78, 5) is 20.3. The Balaban J connectivity index is 1.25. The normalized spacial score (nSPS) is 21.4. The summed E-state index contributed by atoms with van der Waals surface area (Å²) in [5, 5.41) is 0. The highest BCUT2D eigenvalue weighted by Gasteiger charge is 2.28. The van der Waals surface area contributed by atoms with Gasteiger partial charge in [-0.05, 0) is 62.0 Å². The number of aldehydes is 1. The van der Waals surface area contributed by atoms with Crippen LogP contribution in [-0.4, -0.2) is 46.9 Å². The van der Waals surface area contributed by atoms with Gasteiger partial charge in [0.05, 0.1) is 0 Å². The van der Waals surface area contributed by atoms with E-state index in [0.29, 0.717) is 0 Å². The number of carbonyl (C=O) groups excluding carboxylic acids is 1. The maximum absolute atomic E-state index is 11.5. The first kappa shape index (κ1) is 18.1. The van der Waals surface area contributed by atoms with Gasteiger partial charge in [0, 0.05) is 37.6 Å². The number of nitrogens with zero attached hydrogens (tertiary/aromatic N) is 3. The summed E-state index contributed by atoms with van der Waals surface area (Å²) >= 11 is 0. The quantitative estimate of drug-likeness (QED) is 0.736. The first-order valence-electron chi connectivity index (χ1n) is 9.87. The van der Waals surface area contributed by atoms with E-state index in [2.05, 4.69) is 33.0 Å². The number of hydrogen-bond donors (Lipinski definition) is 0. The summed E-state index contributed by atoms with van der Waals surface area (Å²) in [5.74, 6) is 1.57. The summed E-state index contributed by atoms with van der Waals surface area (Å²) in [6.45, 7) is 5.00. The first-order chi connectivity index (χ1) is 13.3. The number of ether oxygens (including phenoxy) is 1. The minimum atomic E-state index is -0.452. The van der Waals surface area contributed by atoms with Gasteiger partial charge in [-0.25, -0.2) is 0 Å². The van der Waals surface area contributed by atoms with Crippen LogP contribution in [0.3, 0.4) is 0 Å². The molecule has 0 N–H and O–H groups in total. The number of hydrogen-bond acceptors (Lipinski definition) is 5. The Morgan fingerprint density at radius 3 is 2.67 bits per heavy atom. The predicted molar refractivity (Wildman–Crippen MR) is 104 cm³/mol. The summed E-state index contributed by atoms with van der Waals surface area (Å²) in [5.41, 5.74) is 2.50. The average Bonchev–Trinajstić information content (AvgIpc) is 2.73. The average molecular weight is 365 g/mol. The minimum Gasteiger partial charge on any atom is -0.468 e. The van der Waals surface area contributed by atoms with Crippen molar-refractivity contribution in [2.75, 3.05) is 19.6 Å². The molecule has 1 atom stereocenters. The van der Waals surface area contributed by atoms with E-state index in [4.69, 9.17) is 4.74 Å². The largest absolute Gasteiger partial charge is 0.468 e. The zero-order valence-corrected chi connectivity index (χ0v) is 15.7. The van der Waals surface area contributed by atoms with Crippen LogP contribution >= 0.6 is 0 Å². The second-order valence-electron chi connectivity index (χ2n) is 7.59. The molecular weight excluding hydrogens is 338 g/mol. The van der Waals surface area contributed by atoms with Crippen molar-refractivity contribution in [1.82, 2.24) is 14.8 Å². The molecule has 0 aliphatic carbocycles. The number of para-hydroxylation sites is 1. The van der Waals surface area contributed by atoms with Gasteiger partial charge < -0.3 is 4.74 Å². The number of rotatable bonds is 6. The third-order valence-electron chi connectivity index (χ3n) is 5.76. The van der Waals surface area contributed by atoms with Crippen LogP contribution in [0.4, 0.5) is 0 Å². The Morgan fingerprint density at radius 2 is 1.89 bits per heavy atom. The lowest BCUT2D eigenvalue weighted by molar-refractivity contribution is -0.123. The molecule has 1 aromatic carbocycles. The Hall–Kier alpha value is -2.24. The van der Waals surface area contributed by atoms with E-state index < -0.39 is 6.23 Å². The lowest BCUT2D eigenvalue weighted by Gasteiger charge is -2.36. The molecule has 1 aromatic heterocycles. The molecule has 2 aromatic rings. The van der Waals surface area contributed by atoms with E-state index in [1.807, 2.05) is 30.6 Å². The van der Waals surface area contributed by atoms with Crippen LogP contribution in [-0.2, 0) is 17.9 Å². The lowest BCUT2D eigenvalue weighted by Crippen LogP contribution is -2.44. The van der Waals surface area contributed by atoms with Gasteiger partial charge in [0.25, 0.3) is 0 Å². The van der Waals surface area contributed by atoms with Crippen molar-refractivity contribution in [2.24, 2.45) is 5.92 Å². The fourth-order valence-corrected chi connectivity index (χ4v) is 4.11. The molecule has 4 rings (SSSR count). The fraction of sp³-hybridized carbons (Fsp3) is 0.455. The Morgan fingerprint density at radius 1 is 1.11 bits per heavy atom. The molecule has 5 heteroatoms. The summed E-state index contributed by atoms with van der Waals surface area (Å²) in [6.07, 6.45) is 7.78. The molecule has 5 nitrogen and oxygen atoms in total. The van der Waals surface area contributed by atoms with E-state index in [1.165, 1.54) is 24.0 Å². The second kappa shape index (κ2) is 8.63. The number of benzene rings is 1. The van der Waals surface area contributed by atoms with Gasteiger partial charge >= 0.3 is 0 Å². The lowest BCUT2D eigenvalue weighted by atomic mass is 9.93. The number of piperidine rings is 1. The van der Waals surface area contributed by atoms with Gasteiger partial charge in [-0.2, -0.15) is 0 Å². The second-order valence-corrected chi connectivity index (χ2v) is 7.59. The standard InChI is InChI=1S/C22H27N3O2/c26-17-22-25(16-20-3-1-2-4-21(20)27-22)14-9-18-7-12-24(13-8-18)15-19-5-10-23-11-6-19/h1-6,10-11,17-18,22H,7-9,12-16H2. The fourth-order valence-electron chi connectivity index (χ4n) is 4.11. The van der Waals surface area contributed by atoms with Gasteiger partial charge in [-0.3, -0.25) is 19.6 Å². The van der Waals surface area contributed by atoms with Crippen molar-refractivity contribution in [3.8, 4) is 5.75 Å². The molecule has 0 amide bonds. The maximum atomic E-state index is 11.5. The highest BCUT2D eigenvalue weighted by molar-refractivity contribution is 5.57. The predicted octanol–water partition coefficient (Wildman–Crippen LogP) is 3.10. The van der Waals surface area contributed by atoms with Crippen LogP contribution in [0.1, 0.15) is 30.4 Å². The zero-order valence-electron chi connectivity index (χ0n) is 15.7. The van der Waals surface area contributed by atoms with Crippen molar-refractivity contribution < 1.29 is 9.53 Å². The monoisotopic (exact) mass is 365 g/mol. The molecule has 2 aliphatic rings. The van der Waals surface area contributed by atoms with Crippen LogP contribution in [0.15, 0.2) is 48.8 Å². The van der Waals surface area contributed by atoms with Crippen LogP contribution in [0.25, 0.3) is 0 Å². The summed E-state index contributed by atoms with van der Waals surface area (Å²) in [7, 11) is 0. The highest BCUT2D eigenvalue weighted by atomic mass is 16.5.